The van der Waals surface area contributed by atoms with Crippen molar-refractivity contribution in [3.05, 3.63) is 216 Å². The van der Waals surface area contributed by atoms with Crippen LogP contribution >= 0.6 is 0 Å². The van der Waals surface area contributed by atoms with Gasteiger partial charge in [-0.2, -0.15) is 0 Å². The first-order valence-corrected chi connectivity index (χ1v) is 21.2. The van der Waals surface area contributed by atoms with E-state index < -0.39 is 0 Å². The van der Waals surface area contributed by atoms with E-state index in [2.05, 4.69) is 151 Å². The molecule has 0 aromatic heterocycles. The number of carbonyl (C=O) groups is 3. The highest BCUT2D eigenvalue weighted by molar-refractivity contribution is 5.88. The summed E-state index contributed by atoms with van der Waals surface area (Å²) < 4.78 is 15.9. The van der Waals surface area contributed by atoms with Crippen LogP contribution in [0.5, 0.6) is 0 Å². The van der Waals surface area contributed by atoms with Gasteiger partial charge in [0.15, 0.2) is 0 Å². The van der Waals surface area contributed by atoms with Crippen molar-refractivity contribution in [1.82, 2.24) is 0 Å². The van der Waals surface area contributed by atoms with Crippen LogP contribution in [0.4, 0.5) is 34.1 Å². The molecule has 0 heterocycles. The molecule has 0 fully saturated rings. The van der Waals surface area contributed by atoms with Gasteiger partial charge in [0, 0.05) is 70.1 Å². The Bertz CT molecular complexity index is 2500. The molecule has 0 bridgehead atoms. The second-order valence-electron chi connectivity index (χ2n) is 15.5. The Labute approximate surface area is 377 Å². The van der Waals surface area contributed by atoms with Crippen molar-refractivity contribution >= 4 is 64.2 Å². The predicted octanol–water partition coefficient (Wildman–Crippen LogP) is 12.8. The summed E-state index contributed by atoms with van der Waals surface area (Å²) in [5.74, 6) is -1.15. The molecule has 0 saturated carbocycles. The third kappa shape index (κ3) is 12.9. The summed E-state index contributed by atoms with van der Waals surface area (Å²) in [7, 11) is 0. The molecule has 6 aromatic rings. The summed E-state index contributed by atoms with van der Waals surface area (Å²) in [6.07, 6.45) is 6.01. The van der Waals surface area contributed by atoms with E-state index in [0.29, 0.717) is 42.6 Å². The fourth-order valence-electron chi connectivity index (χ4n) is 6.72. The van der Waals surface area contributed by atoms with Crippen molar-refractivity contribution < 1.29 is 28.6 Å². The Hall–Kier alpha value is -7.71. The molecule has 324 valence electrons. The average Bonchev–Trinajstić information content (AvgIpc) is 3.31. The SMILES string of the molecule is C=C(C)C(=O)OCCc1ccc(N(c2ccccc2)c2ccc(/C=C/c3ccc(N(c4ccc(CCOC(=O)C(=C)C)cc4)c4ccc(CCOC(=O)C(=C)C)cc4)cc3)cc2)cc1. The molecule has 0 aliphatic rings. The largest absolute Gasteiger partial charge is 0.462 e. The number of rotatable bonds is 20. The quantitative estimate of drug-likeness (QED) is 0.0325. The number of ether oxygens (including phenoxy) is 3. The topological polar surface area (TPSA) is 85.4 Å². The first-order chi connectivity index (χ1) is 30.9. The maximum atomic E-state index is 11.9. The predicted molar refractivity (Wildman–Crippen MR) is 260 cm³/mol. The smallest absolute Gasteiger partial charge is 0.333 e. The zero-order chi connectivity index (χ0) is 45.4. The van der Waals surface area contributed by atoms with E-state index in [-0.39, 0.29) is 31.1 Å². The van der Waals surface area contributed by atoms with E-state index in [1.807, 2.05) is 42.5 Å². The van der Waals surface area contributed by atoms with Crippen LogP contribution in [0.25, 0.3) is 12.2 Å². The lowest BCUT2D eigenvalue weighted by Crippen LogP contribution is -2.11. The van der Waals surface area contributed by atoms with Crippen LogP contribution in [0.2, 0.25) is 0 Å². The van der Waals surface area contributed by atoms with Crippen LogP contribution in [0.3, 0.4) is 0 Å². The molecule has 0 saturated heterocycles. The van der Waals surface area contributed by atoms with Crippen LogP contribution in [0, 0.1) is 0 Å². The van der Waals surface area contributed by atoms with Gasteiger partial charge in [0.2, 0.25) is 0 Å². The van der Waals surface area contributed by atoms with Gasteiger partial charge in [-0.3, -0.25) is 0 Å². The lowest BCUT2D eigenvalue weighted by Gasteiger charge is -2.26. The van der Waals surface area contributed by atoms with Gasteiger partial charge in [0.25, 0.3) is 0 Å². The molecule has 8 nitrogen and oxygen atoms in total. The third-order valence-electron chi connectivity index (χ3n) is 10.3. The van der Waals surface area contributed by atoms with Crippen LogP contribution in [-0.4, -0.2) is 37.7 Å². The summed E-state index contributed by atoms with van der Waals surface area (Å²) in [5, 5.41) is 0. The normalized spacial score (nSPS) is 10.8. The van der Waals surface area contributed by atoms with Crippen LogP contribution in [0.15, 0.2) is 188 Å². The molecule has 8 heteroatoms. The fraction of sp³-hybridized carbons (Fsp3) is 0.161. The maximum Gasteiger partial charge on any atom is 0.333 e. The summed E-state index contributed by atoms with van der Waals surface area (Å²) in [6.45, 7) is 16.7. The lowest BCUT2D eigenvalue weighted by atomic mass is 10.1. The zero-order valence-electron chi connectivity index (χ0n) is 36.8. The molecule has 0 radical (unpaired) electrons. The van der Waals surface area contributed by atoms with E-state index in [9.17, 15) is 14.4 Å². The minimum Gasteiger partial charge on any atom is -0.462 e. The van der Waals surface area contributed by atoms with Crippen molar-refractivity contribution in [3.8, 4) is 0 Å². The Morgan fingerprint density at radius 1 is 0.391 bits per heavy atom. The molecule has 0 amide bonds. The maximum absolute atomic E-state index is 11.9. The number of esters is 3. The first kappa shape index (κ1) is 45.8. The van der Waals surface area contributed by atoms with Crippen molar-refractivity contribution in [2.24, 2.45) is 0 Å². The van der Waals surface area contributed by atoms with Gasteiger partial charge in [-0.25, -0.2) is 14.4 Å². The lowest BCUT2D eigenvalue weighted by molar-refractivity contribution is -0.139. The number of hydrogen-bond donors (Lipinski definition) is 0. The average molecular weight is 851 g/mol. The van der Waals surface area contributed by atoms with Gasteiger partial charge in [-0.05, 0) is 121 Å². The van der Waals surface area contributed by atoms with Gasteiger partial charge in [0.05, 0.1) is 19.8 Å². The molecule has 64 heavy (non-hydrogen) atoms. The van der Waals surface area contributed by atoms with E-state index in [1.54, 1.807) is 20.8 Å². The highest BCUT2D eigenvalue weighted by Gasteiger charge is 2.15. The number of anilines is 6. The van der Waals surface area contributed by atoms with Crippen LogP contribution in [-0.2, 0) is 47.9 Å². The number of hydrogen-bond acceptors (Lipinski definition) is 8. The first-order valence-electron chi connectivity index (χ1n) is 21.2. The van der Waals surface area contributed by atoms with E-state index in [1.165, 1.54) is 0 Å². The van der Waals surface area contributed by atoms with E-state index in [4.69, 9.17) is 14.2 Å². The second kappa shape index (κ2) is 22.4. The van der Waals surface area contributed by atoms with Gasteiger partial charge in [0.1, 0.15) is 0 Å². The van der Waals surface area contributed by atoms with Crippen molar-refractivity contribution in [1.29, 1.82) is 0 Å². The molecule has 0 unspecified atom stereocenters. The minimum atomic E-state index is -0.389. The Balaban J connectivity index is 1.17. The van der Waals surface area contributed by atoms with E-state index >= 15 is 0 Å². The Morgan fingerprint density at radius 3 is 0.906 bits per heavy atom. The Kier molecular flexibility index (Phi) is 16.0. The summed E-state index contributed by atoms with van der Waals surface area (Å²) in [6, 6.07) is 51.9. The molecule has 6 rings (SSSR count). The molecule has 0 aliphatic carbocycles. The van der Waals surface area contributed by atoms with Gasteiger partial charge in [-0.1, -0.05) is 111 Å². The number of carbonyl (C=O) groups excluding carboxylic acids is 3. The molecular formula is C56H54N2O6. The highest BCUT2D eigenvalue weighted by atomic mass is 16.5. The number of benzene rings is 6. The van der Waals surface area contributed by atoms with Crippen LogP contribution in [0.1, 0.15) is 48.6 Å². The molecule has 0 N–H and O–H groups in total. The third-order valence-corrected chi connectivity index (χ3v) is 10.3. The fourth-order valence-corrected chi connectivity index (χ4v) is 6.72. The van der Waals surface area contributed by atoms with Gasteiger partial charge in [-0.15, -0.1) is 0 Å². The van der Waals surface area contributed by atoms with Gasteiger partial charge < -0.3 is 24.0 Å². The van der Waals surface area contributed by atoms with Crippen LogP contribution < -0.4 is 9.80 Å². The summed E-state index contributed by atoms with van der Waals surface area (Å²) in [4.78, 5) is 40.0. The number of para-hydroxylation sites is 1. The molecule has 6 aromatic carbocycles. The summed E-state index contributed by atoms with van der Waals surface area (Å²) in [5.41, 5.74) is 12.4. The number of nitrogens with zero attached hydrogens (tertiary/aromatic N) is 2. The Morgan fingerprint density at radius 2 is 0.641 bits per heavy atom. The monoisotopic (exact) mass is 850 g/mol. The van der Waals surface area contributed by atoms with Crippen molar-refractivity contribution in [3.63, 3.8) is 0 Å². The van der Waals surface area contributed by atoms with E-state index in [0.717, 1.165) is 61.9 Å². The minimum absolute atomic E-state index is 0.275. The summed E-state index contributed by atoms with van der Waals surface area (Å²) >= 11 is 0. The molecule has 0 aliphatic heterocycles. The standard InChI is InChI=1S/C56H54N2O6/c1-40(2)54(59)62-37-34-45-18-28-50(29-19-45)57(48-10-8-7-9-11-48)49-24-14-43(15-25-49)12-13-44-16-26-51(27-17-44)58(52-30-20-46(21-31-52)35-38-63-55(60)41(3)4)53-32-22-47(23-33-53)36-39-64-56(61)42(5)6/h7-33H,1,3,5,34-39H2,2,4,6H3/b13-12+. The van der Waals surface area contributed by atoms with Gasteiger partial charge >= 0.3 is 17.9 Å². The van der Waals surface area contributed by atoms with Crippen molar-refractivity contribution in [2.45, 2.75) is 40.0 Å². The zero-order valence-corrected chi connectivity index (χ0v) is 36.8. The molecule has 0 spiro atoms. The highest BCUT2D eigenvalue weighted by Crippen LogP contribution is 2.37. The van der Waals surface area contributed by atoms with Crippen molar-refractivity contribution in [2.75, 3.05) is 29.6 Å². The second-order valence-corrected chi connectivity index (χ2v) is 15.5. The molecule has 0 atom stereocenters. The molecular weight excluding hydrogens is 797 g/mol.